The highest BCUT2D eigenvalue weighted by molar-refractivity contribution is 4.99. The van der Waals surface area contributed by atoms with Gasteiger partial charge < -0.3 is 4.74 Å². The van der Waals surface area contributed by atoms with Crippen LogP contribution in [0.5, 0.6) is 0 Å². The maximum Gasteiger partial charge on any atom is 0.130 e. The van der Waals surface area contributed by atoms with E-state index < -0.39 is 0 Å². The molecule has 0 aromatic rings. The molecule has 0 saturated carbocycles. The number of morpholine rings is 1. The van der Waals surface area contributed by atoms with Crippen LogP contribution in [0.4, 0.5) is 0 Å². The van der Waals surface area contributed by atoms with Crippen molar-refractivity contribution >= 4 is 0 Å². The van der Waals surface area contributed by atoms with Crippen LogP contribution in [0.15, 0.2) is 0 Å². The molecule has 0 aliphatic carbocycles. The van der Waals surface area contributed by atoms with Gasteiger partial charge in [-0.2, -0.15) is 0 Å². The molecule has 0 aromatic heterocycles. The lowest BCUT2D eigenvalue weighted by molar-refractivity contribution is -0.0332. The summed E-state index contributed by atoms with van der Waals surface area (Å²) in [5.41, 5.74) is 0.207. The Morgan fingerprint density at radius 3 is 2.67 bits per heavy atom. The molecule has 1 fully saturated rings. The van der Waals surface area contributed by atoms with Crippen LogP contribution in [0, 0.1) is 12.3 Å². The average Bonchev–Trinajstić information content (AvgIpc) is 2.03. The highest BCUT2D eigenvalue weighted by Crippen LogP contribution is 2.16. The monoisotopic (exact) mass is 167 g/mol. The number of terminal acetylenes is 1. The molecule has 0 unspecified atom stereocenters. The predicted molar refractivity (Wildman–Crippen MR) is 49.9 cm³/mol. The molecular formula is C10H17NO. The molecule has 1 saturated heterocycles. The number of ether oxygens (including phenoxy) is 1. The molecule has 1 aliphatic rings. The summed E-state index contributed by atoms with van der Waals surface area (Å²) in [6, 6.07) is 0. The normalized spacial score (nSPS) is 26.7. The second-order valence-corrected chi connectivity index (χ2v) is 4.14. The van der Waals surface area contributed by atoms with Gasteiger partial charge in [0.05, 0.1) is 6.61 Å². The summed E-state index contributed by atoms with van der Waals surface area (Å²) >= 11 is 0. The van der Waals surface area contributed by atoms with E-state index in [0.717, 1.165) is 19.7 Å². The fraction of sp³-hybridized carbons (Fsp3) is 0.800. The van der Waals surface area contributed by atoms with Crippen LogP contribution < -0.4 is 0 Å². The number of hydrogen-bond donors (Lipinski definition) is 0. The van der Waals surface area contributed by atoms with Crippen LogP contribution in [-0.4, -0.2) is 36.2 Å². The first-order valence-electron chi connectivity index (χ1n) is 4.37. The fourth-order valence-electron chi connectivity index (χ4n) is 1.36. The molecule has 0 bridgehead atoms. The van der Waals surface area contributed by atoms with Gasteiger partial charge in [0.25, 0.3) is 0 Å². The Labute approximate surface area is 74.9 Å². The molecule has 0 N–H and O–H groups in total. The Balaban J connectivity index is 2.53. The van der Waals surface area contributed by atoms with Crippen LogP contribution in [0.3, 0.4) is 0 Å². The van der Waals surface area contributed by atoms with E-state index in [4.69, 9.17) is 11.2 Å². The molecular weight excluding hydrogens is 150 g/mol. The molecule has 0 amide bonds. The van der Waals surface area contributed by atoms with E-state index in [1.807, 2.05) is 0 Å². The Bertz CT molecular complexity index is 187. The van der Waals surface area contributed by atoms with Gasteiger partial charge >= 0.3 is 0 Å². The molecule has 0 spiro atoms. The number of hydrogen-bond acceptors (Lipinski definition) is 2. The van der Waals surface area contributed by atoms with Crippen molar-refractivity contribution in [1.82, 2.24) is 4.90 Å². The molecule has 68 valence electrons. The highest BCUT2D eigenvalue weighted by Gasteiger charge is 2.27. The quantitative estimate of drug-likeness (QED) is 0.501. The van der Waals surface area contributed by atoms with Crippen LogP contribution in [0.2, 0.25) is 0 Å². The maximum atomic E-state index is 5.37. The van der Waals surface area contributed by atoms with Gasteiger partial charge in [-0.25, -0.2) is 0 Å². The third-order valence-corrected chi connectivity index (χ3v) is 2.20. The van der Waals surface area contributed by atoms with Crippen LogP contribution in [-0.2, 0) is 4.74 Å². The Morgan fingerprint density at radius 2 is 2.17 bits per heavy atom. The summed E-state index contributed by atoms with van der Waals surface area (Å²) in [6.45, 7) is 9.21. The lowest BCUT2D eigenvalue weighted by Gasteiger charge is -2.40. The van der Waals surface area contributed by atoms with Crippen molar-refractivity contribution in [2.45, 2.75) is 32.4 Å². The van der Waals surface area contributed by atoms with Crippen LogP contribution >= 0.6 is 0 Å². The van der Waals surface area contributed by atoms with E-state index in [2.05, 4.69) is 31.6 Å². The van der Waals surface area contributed by atoms with E-state index >= 15 is 0 Å². The summed E-state index contributed by atoms with van der Waals surface area (Å²) < 4.78 is 5.37. The topological polar surface area (TPSA) is 12.5 Å². The summed E-state index contributed by atoms with van der Waals surface area (Å²) in [4.78, 5) is 2.36. The summed E-state index contributed by atoms with van der Waals surface area (Å²) in [5.74, 6) is 2.64. The summed E-state index contributed by atoms with van der Waals surface area (Å²) in [7, 11) is 0. The SMILES string of the molecule is C#C[C@H]1CN(C(C)(C)C)CCO1. The van der Waals surface area contributed by atoms with E-state index in [1.165, 1.54) is 0 Å². The van der Waals surface area contributed by atoms with Crippen molar-refractivity contribution in [1.29, 1.82) is 0 Å². The fourth-order valence-corrected chi connectivity index (χ4v) is 1.36. The van der Waals surface area contributed by atoms with Gasteiger partial charge in [-0.1, -0.05) is 5.92 Å². The first-order valence-corrected chi connectivity index (χ1v) is 4.37. The Hall–Kier alpha value is -0.520. The largest absolute Gasteiger partial charge is 0.363 e. The minimum atomic E-state index is -0.0158. The van der Waals surface area contributed by atoms with Gasteiger partial charge in [0.2, 0.25) is 0 Å². The number of rotatable bonds is 0. The van der Waals surface area contributed by atoms with Crippen LogP contribution in [0.25, 0.3) is 0 Å². The van der Waals surface area contributed by atoms with Gasteiger partial charge in [0.15, 0.2) is 0 Å². The standard InChI is InChI=1S/C10H17NO/c1-5-9-8-11(6-7-12-9)10(2,3)4/h1,9H,6-8H2,2-4H3/t9-/m0/s1. The van der Waals surface area contributed by atoms with Crippen LogP contribution in [0.1, 0.15) is 20.8 Å². The molecule has 0 aromatic carbocycles. The molecule has 1 atom stereocenters. The maximum absolute atomic E-state index is 5.37. The van der Waals surface area contributed by atoms with Gasteiger partial charge in [-0.05, 0) is 20.8 Å². The van der Waals surface area contributed by atoms with Gasteiger partial charge in [-0.3, -0.25) is 4.90 Å². The zero-order valence-electron chi connectivity index (χ0n) is 8.13. The lowest BCUT2D eigenvalue weighted by Crippen LogP contribution is -2.51. The van der Waals surface area contributed by atoms with Gasteiger partial charge in [0, 0.05) is 18.6 Å². The van der Waals surface area contributed by atoms with E-state index in [0.29, 0.717) is 0 Å². The zero-order valence-corrected chi connectivity index (χ0v) is 8.13. The minimum absolute atomic E-state index is 0.0158. The molecule has 2 nitrogen and oxygen atoms in total. The molecule has 2 heteroatoms. The second kappa shape index (κ2) is 3.47. The van der Waals surface area contributed by atoms with E-state index in [-0.39, 0.29) is 11.6 Å². The third kappa shape index (κ3) is 2.23. The van der Waals surface area contributed by atoms with Gasteiger partial charge in [-0.15, -0.1) is 6.42 Å². The Morgan fingerprint density at radius 1 is 1.50 bits per heavy atom. The highest BCUT2D eigenvalue weighted by atomic mass is 16.5. The average molecular weight is 167 g/mol. The van der Waals surface area contributed by atoms with E-state index in [1.54, 1.807) is 0 Å². The summed E-state index contributed by atoms with van der Waals surface area (Å²) in [5, 5.41) is 0. The molecule has 1 heterocycles. The van der Waals surface area contributed by atoms with E-state index in [9.17, 15) is 0 Å². The van der Waals surface area contributed by atoms with Crippen molar-refractivity contribution in [3.8, 4) is 12.3 Å². The van der Waals surface area contributed by atoms with Crippen molar-refractivity contribution < 1.29 is 4.74 Å². The molecule has 12 heavy (non-hydrogen) atoms. The Kier molecular flexibility index (Phi) is 2.76. The van der Waals surface area contributed by atoms with Gasteiger partial charge in [0.1, 0.15) is 6.10 Å². The first kappa shape index (κ1) is 9.57. The van der Waals surface area contributed by atoms with Crippen molar-refractivity contribution in [3.05, 3.63) is 0 Å². The second-order valence-electron chi connectivity index (χ2n) is 4.14. The molecule has 1 rings (SSSR count). The minimum Gasteiger partial charge on any atom is -0.363 e. The number of nitrogens with zero attached hydrogens (tertiary/aromatic N) is 1. The lowest BCUT2D eigenvalue weighted by atomic mass is 10.0. The third-order valence-electron chi connectivity index (χ3n) is 2.20. The molecule has 0 radical (unpaired) electrons. The first-order chi connectivity index (χ1) is 5.54. The smallest absolute Gasteiger partial charge is 0.130 e. The molecule has 1 aliphatic heterocycles. The van der Waals surface area contributed by atoms with Crippen molar-refractivity contribution in [3.63, 3.8) is 0 Å². The van der Waals surface area contributed by atoms with Crippen molar-refractivity contribution in [2.75, 3.05) is 19.7 Å². The predicted octanol–water partition coefficient (Wildman–Crippen LogP) is 1.12. The summed E-state index contributed by atoms with van der Waals surface area (Å²) in [6.07, 6.45) is 5.29. The zero-order chi connectivity index (χ0) is 9.19. The van der Waals surface area contributed by atoms with Crippen molar-refractivity contribution in [2.24, 2.45) is 0 Å².